The fourth-order valence-corrected chi connectivity index (χ4v) is 5.47. The lowest BCUT2D eigenvalue weighted by Gasteiger charge is -2.31. The van der Waals surface area contributed by atoms with Crippen LogP contribution in [0.25, 0.3) is 10.9 Å². The van der Waals surface area contributed by atoms with Crippen molar-refractivity contribution in [1.29, 1.82) is 0 Å². The molecule has 12 heteroatoms. The summed E-state index contributed by atoms with van der Waals surface area (Å²) < 4.78 is 59.8. The number of nitrogens with one attached hydrogen (secondary N) is 1. The normalized spacial score (nSPS) is 16.3. The van der Waals surface area contributed by atoms with Gasteiger partial charge in [0.1, 0.15) is 51.5 Å². The van der Waals surface area contributed by atoms with E-state index < -0.39 is 15.4 Å². The van der Waals surface area contributed by atoms with Crippen LogP contribution in [0.15, 0.2) is 73.3 Å². The van der Waals surface area contributed by atoms with Gasteiger partial charge < -0.3 is 24.3 Å². The summed E-state index contributed by atoms with van der Waals surface area (Å²) in [6.45, 7) is 0.573. The number of ether oxygens (including phenoxy) is 4. The molecule has 4 aromatic rings. The lowest BCUT2D eigenvalue weighted by molar-refractivity contribution is 0.00122. The average Bonchev–Trinajstić information content (AvgIpc) is 3.45. The maximum absolute atomic E-state index is 13.5. The van der Waals surface area contributed by atoms with Gasteiger partial charge in [-0.1, -0.05) is 23.7 Å². The first-order valence-corrected chi connectivity index (χ1v) is 15.9. The number of anilines is 2. The molecule has 0 saturated carbocycles. The molecule has 0 amide bonds. The number of sulfone groups is 1. The Morgan fingerprint density at radius 3 is 2.67 bits per heavy atom. The van der Waals surface area contributed by atoms with E-state index in [-0.39, 0.29) is 24.8 Å². The summed E-state index contributed by atoms with van der Waals surface area (Å²) in [5.41, 5.74) is 2.03. The third kappa shape index (κ3) is 7.54. The standard InChI is InChI=1S/C31H31ClFN3O6S/c1-39-29-18-27-24(17-25(29)31(9-4-11-42-31)10-12-40-13-14-43(2,37)38)30(35-20-34-27)36-23-7-8-28(26(32)16-23)41-19-21-5-3-6-22(33)15-21/h3-8,11,15-18,20H,9-10,12-14,19H2,1-2H3,(H,34,35,36). The highest BCUT2D eigenvalue weighted by Crippen LogP contribution is 2.44. The minimum Gasteiger partial charge on any atom is -0.496 e. The van der Waals surface area contributed by atoms with Crippen molar-refractivity contribution in [3.05, 3.63) is 95.2 Å². The monoisotopic (exact) mass is 627 g/mol. The number of methoxy groups -OCH3 is 1. The summed E-state index contributed by atoms with van der Waals surface area (Å²) in [6.07, 6.45) is 7.27. The second kappa shape index (κ2) is 13.2. The van der Waals surface area contributed by atoms with E-state index in [0.717, 1.165) is 10.9 Å². The molecule has 43 heavy (non-hydrogen) atoms. The van der Waals surface area contributed by atoms with Crippen LogP contribution >= 0.6 is 11.6 Å². The highest BCUT2D eigenvalue weighted by atomic mass is 35.5. The van der Waals surface area contributed by atoms with Crippen LogP contribution in [0.5, 0.6) is 11.5 Å². The molecular formula is C31H31ClFN3O6S. The van der Waals surface area contributed by atoms with Gasteiger partial charge >= 0.3 is 0 Å². The molecule has 0 fully saturated rings. The molecule has 0 bridgehead atoms. The zero-order valence-electron chi connectivity index (χ0n) is 23.7. The van der Waals surface area contributed by atoms with E-state index in [9.17, 15) is 12.8 Å². The van der Waals surface area contributed by atoms with Gasteiger partial charge in [0, 0.05) is 41.8 Å². The number of hydrogen-bond donors (Lipinski definition) is 1. The Hall–Kier alpha value is -3.93. The maximum Gasteiger partial charge on any atom is 0.149 e. The molecular weight excluding hydrogens is 597 g/mol. The van der Waals surface area contributed by atoms with E-state index in [1.54, 1.807) is 37.6 Å². The molecule has 3 aromatic carbocycles. The molecule has 9 nitrogen and oxygen atoms in total. The first kappa shape index (κ1) is 30.5. The Morgan fingerprint density at radius 2 is 1.95 bits per heavy atom. The molecule has 0 aliphatic carbocycles. The van der Waals surface area contributed by atoms with Gasteiger partial charge in [-0.05, 0) is 48.0 Å². The van der Waals surface area contributed by atoms with Gasteiger partial charge in [-0.25, -0.2) is 22.8 Å². The van der Waals surface area contributed by atoms with Crippen LogP contribution in [0, 0.1) is 5.82 Å². The highest BCUT2D eigenvalue weighted by Gasteiger charge is 2.38. The van der Waals surface area contributed by atoms with E-state index >= 15 is 0 Å². The van der Waals surface area contributed by atoms with E-state index in [2.05, 4.69) is 15.3 Å². The first-order chi connectivity index (χ1) is 20.7. The van der Waals surface area contributed by atoms with Crippen molar-refractivity contribution in [1.82, 2.24) is 9.97 Å². The summed E-state index contributed by atoms with van der Waals surface area (Å²) in [5.74, 6) is 1.23. The van der Waals surface area contributed by atoms with Crippen LogP contribution in [0.4, 0.5) is 15.9 Å². The van der Waals surface area contributed by atoms with Gasteiger partial charge in [0.15, 0.2) is 0 Å². The van der Waals surface area contributed by atoms with Crippen molar-refractivity contribution in [2.24, 2.45) is 0 Å². The van der Waals surface area contributed by atoms with Gasteiger partial charge in [0.2, 0.25) is 0 Å². The lowest BCUT2D eigenvalue weighted by atomic mass is 9.86. The fourth-order valence-electron chi connectivity index (χ4n) is 4.81. The smallest absolute Gasteiger partial charge is 0.149 e. The Balaban J connectivity index is 1.38. The van der Waals surface area contributed by atoms with Crippen LogP contribution in [0.1, 0.15) is 24.0 Å². The second-order valence-electron chi connectivity index (χ2n) is 10.2. The minimum atomic E-state index is -3.12. The van der Waals surface area contributed by atoms with Gasteiger partial charge in [0.05, 0.1) is 42.9 Å². The molecule has 2 heterocycles. The Kier molecular flexibility index (Phi) is 9.34. The van der Waals surface area contributed by atoms with Gasteiger partial charge in [-0.3, -0.25) is 0 Å². The largest absolute Gasteiger partial charge is 0.496 e. The molecule has 1 atom stereocenters. The van der Waals surface area contributed by atoms with Crippen molar-refractivity contribution < 1.29 is 31.8 Å². The van der Waals surface area contributed by atoms with E-state index in [0.29, 0.717) is 58.6 Å². The van der Waals surface area contributed by atoms with Gasteiger partial charge in [0.25, 0.3) is 0 Å². The number of benzene rings is 3. The Morgan fingerprint density at radius 1 is 1.09 bits per heavy atom. The number of nitrogens with zero attached hydrogens (tertiary/aromatic N) is 2. The molecule has 5 rings (SSSR count). The van der Waals surface area contributed by atoms with Crippen LogP contribution in [-0.2, 0) is 31.5 Å². The number of hydrogen-bond acceptors (Lipinski definition) is 9. The third-order valence-corrected chi connectivity index (χ3v) is 8.22. The van der Waals surface area contributed by atoms with Crippen molar-refractivity contribution >= 4 is 43.8 Å². The number of rotatable bonds is 13. The molecule has 1 aliphatic rings. The van der Waals surface area contributed by atoms with E-state index in [1.165, 1.54) is 24.7 Å². The Labute approximate surface area is 254 Å². The van der Waals surface area contributed by atoms with Crippen molar-refractivity contribution in [2.75, 3.05) is 37.6 Å². The van der Waals surface area contributed by atoms with E-state index in [4.69, 9.17) is 30.5 Å². The zero-order valence-corrected chi connectivity index (χ0v) is 25.3. The van der Waals surface area contributed by atoms with Crippen molar-refractivity contribution in [3.63, 3.8) is 0 Å². The molecule has 0 radical (unpaired) electrons. The third-order valence-electron chi connectivity index (χ3n) is 7.01. The predicted octanol–water partition coefficient (Wildman–Crippen LogP) is 6.33. The predicted molar refractivity (Wildman–Crippen MR) is 163 cm³/mol. The summed E-state index contributed by atoms with van der Waals surface area (Å²) in [6, 6.07) is 15.2. The molecule has 1 aliphatic heterocycles. The van der Waals surface area contributed by atoms with Crippen molar-refractivity contribution in [2.45, 2.75) is 25.0 Å². The zero-order chi connectivity index (χ0) is 30.5. The minimum absolute atomic E-state index is 0.0467. The molecule has 226 valence electrons. The molecule has 0 spiro atoms. The lowest BCUT2D eigenvalue weighted by Crippen LogP contribution is -2.28. The van der Waals surface area contributed by atoms with E-state index in [1.807, 2.05) is 24.3 Å². The molecule has 1 unspecified atom stereocenters. The van der Waals surface area contributed by atoms with Crippen LogP contribution in [-0.4, -0.2) is 50.7 Å². The summed E-state index contributed by atoms with van der Waals surface area (Å²) >= 11 is 6.52. The van der Waals surface area contributed by atoms with Crippen LogP contribution < -0.4 is 14.8 Å². The SMILES string of the molecule is COc1cc2ncnc(Nc3ccc(OCc4cccc(F)c4)c(Cl)c3)c2cc1C1(CCOCCS(C)(=O)=O)CC=CO1. The fraction of sp³-hybridized carbons (Fsp3) is 0.290. The van der Waals surface area contributed by atoms with Gasteiger partial charge in [-0.15, -0.1) is 0 Å². The second-order valence-corrected chi connectivity index (χ2v) is 12.8. The highest BCUT2D eigenvalue weighted by molar-refractivity contribution is 7.90. The maximum atomic E-state index is 13.5. The molecule has 1 N–H and O–H groups in total. The number of aromatic nitrogens is 2. The van der Waals surface area contributed by atoms with Crippen molar-refractivity contribution in [3.8, 4) is 11.5 Å². The summed E-state index contributed by atoms with van der Waals surface area (Å²) in [7, 11) is -1.53. The summed E-state index contributed by atoms with van der Waals surface area (Å²) in [4.78, 5) is 8.92. The van der Waals surface area contributed by atoms with Crippen LogP contribution in [0.3, 0.4) is 0 Å². The Bertz CT molecular complexity index is 1740. The topological polar surface area (TPSA) is 109 Å². The number of fused-ring (bicyclic) bond motifs is 1. The van der Waals surface area contributed by atoms with Crippen LogP contribution in [0.2, 0.25) is 5.02 Å². The average molecular weight is 628 g/mol. The number of halogens is 2. The van der Waals surface area contributed by atoms with Gasteiger partial charge in [-0.2, -0.15) is 0 Å². The first-order valence-electron chi connectivity index (χ1n) is 13.5. The molecule has 0 saturated heterocycles. The molecule has 1 aromatic heterocycles. The summed E-state index contributed by atoms with van der Waals surface area (Å²) in [5, 5.41) is 4.43. The quantitative estimate of drug-likeness (QED) is 0.170.